The largest absolute Gasteiger partial charge is 0.507 e. The van der Waals surface area contributed by atoms with Gasteiger partial charge in [-0.2, -0.15) is 9.61 Å². The van der Waals surface area contributed by atoms with Gasteiger partial charge in [0.2, 0.25) is 0 Å². The van der Waals surface area contributed by atoms with Gasteiger partial charge in [-0.1, -0.05) is 25.1 Å². The third kappa shape index (κ3) is 5.51. The number of nitrogens with zero attached hydrogens (tertiary/aromatic N) is 4. The first-order valence-electron chi connectivity index (χ1n) is 11.8. The van der Waals surface area contributed by atoms with Crippen molar-refractivity contribution in [3.8, 4) is 28.5 Å². The minimum absolute atomic E-state index is 0.103. The first-order chi connectivity index (χ1) is 16.9. The number of hydrogen-bond acceptors (Lipinski definition) is 7. The molecule has 0 saturated heterocycles. The summed E-state index contributed by atoms with van der Waals surface area (Å²) in [6.07, 6.45) is 3.43. The molecule has 4 N–H and O–H groups in total. The smallest absolute Gasteiger partial charge is 0.157 e. The van der Waals surface area contributed by atoms with Gasteiger partial charge in [0, 0.05) is 43.5 Å². The summed E-state index contributed by atoms with van der Waals surface area (Å²) in [6, 6.07) is 14.3. The lowest BCUT2D eigenvalue weighted by atomic mass is 10.0. The Hall–Kier alpha value is -3.72. The van der Waals surface area contributed by atoms with Gasteiger partial charge < -0.3 is 20.6 Å². The molecule has 1 atom stereocenters. The predicted octanol–water partition coefficient (Wildman–Crippen LogP) is 3.41. The Morgan fingerprint density at radius 2 is 1.86 bits per heavy atom. The molecule has 0 amide bonds. The molecule has 35 heavy (non-hydrogen) atoms. The summed E-state index contributed by atoms with van der Waals surface area (Å²) in [7, 11) is 6.09. The second-order valence-corrected chi connectivity index (χ2v) is 8.71. The summed E-state index contributed by atoms with van der Waals surface area (Å²) < 4.78 is 1.67. The van der Waals surface area contributed by atoms with Gasteiger partial charge in [0.1, 0.15) is 19.4 Å². The minimum atomic E-state index is -0.112. The van der Waals surface area contributed by atoms with Crippen molar-refractivity contribution in [1.82, 2.24) is 19.5 Å². The van der Waals surface area contributed by atoms with Crippen LogP contribution >= 0.6 is 0 Å². The molecule has 4 aromatic rings. The van der Waals surface area contributed by atoms with Crippen LogP contribution in [0.2, 0.25) is 0 Å². The van der Waals surface area contributed by atoms with Gasteiger partial charge in [0.25, 0.3) is 0 Å². The maximum absolute atomic E-state index is 10.3. The fraction of sp³-hybridized carbons (Fsp3) is 0.308. The number of aromatic nitrogens is 3. The number of aromatic hydroxyl groups is 3. The minimum Gasteiger partial charge on any atom is -0.507 e. The molecule has 0 saturated carbocycles. The molecule has 0 spiro atoms. The van der Waals surface area contributed by atoms with E-state index in [1.54, 1.807) is 28.9 Å². The van der Waals surface area contributed by atoms with Crippen molar-refractivity contribution >= 4 is 24.8 Å². The van der Waals surface area contributed by atoms with Crippen LogP contribution in [0.3, 0.4) is 0 Å². The summed E-state index contributed by atoms with van der Waals surface area (Å²) in [5.41, 5.74) is 3.17. The van der Waals surface area contributed by atoms with Crippen LogP contribution in [0.15, 0.2) is 54.7 Å². The third-order valence-electron chi connectivity index (χ3n) is 6.25. The Bertz CT molecular complexity index is 1310. The van der Waals surface area contributed by atoms with Crippen LogP contribution in [-0.2, 0) is 6.54 Å². The average Bonchev–Trinajstić information content (AvgIpc) is 3.23. The quantitative estimate of drug-likeness (QED) is 0.160. The number of phenols is 3. The Labute approximate surface area is 206 Å². The summed E-state index contributed by atoms with van der Waals surface area (Å²) in [6.45, 7) is 6.54. The first-order valence-corrected chi connectivity index (χ1v) is 11.8. The highest BCUT2D eigenvalue weighted by atomic mass is 16.3. The van der Waals surface area contributed by atoms with E-state index in [2.05, 4.69) is 34.1 Å². The third-order valence-corrected chi connectivity index (χ3v) is 6.25. The van der Waals surface area contributed by atoms with Crippen molar-refractivity contribution in [3.05, 3.63) is 60.3 Å². The van der Waals surface area contributed by atoms with Crippen LogP contribution in [0.1, 0.15) is 32.3 Å². The van der Waals surface area contributed by atoms with Crippen molar-refractivity contribution in [3.63, 3.8) is 0 Å². The molecule has 2 radical (unpaired) electrons. The van der Waals surface area contributed by atoms with Crippen LogP contribution < -0.4 is 10.8 Å². The molecule has 180 valence electrons. The molecule has 2 heterocycles. The van der Waals surface area contributed by atoms with Gasteiger partial charge in [-0.3, -0.25) is 4.90 Å². The number of anilines is 1. The fourth-order valence-corrected chi connectivity index (χ4v) is 4.05. The van der Waals surface area contributed by atoms with Crippen molar-refractivity contribution in [2.24, 2.45) is 0 Å². The predicted molar refractivity (Wildman–Crippen MR) is 139 cm³/mol. The van der Waals surface area contributed by atoms with Crippen LogP contribution in [-0.4, -0.2) is 61.8 Å². The maximum Gasteiger partial charge on any atom is 0.157 e. The van der Waals surface area contributed by atoms with Gasteiger partial charge >= 0.3 is 0 Å². The highest BCUT2D eigenvalue weighted by Gasteiger charge is 2.15. The fourth-order valence-electron chi connectivity index (χ4n) is 4.05. The Morgan fingerprint density at radius 1 is 1.06 bits per heavy atom. The Balaban J connectivity index is 1.47. The molecule has 9 heteroatoms. The van der Waals surface area contributed by atoms with Gasteiger partial charge in [-0.05, 0) is 55.1 Å². The lowest BCUT2D eigenvalue weighted by Crippen LogP contribution is -2.33. The maximum atomic E-state index is 10.3. The average molecular weight is 471 g/mol. The summed E-state index contributed by atoms with van der Waals surface area (Å²) in [5.74, 6) is 0.675. The highest BCUT2D eigenvalue weighted by Crippen LogP contribution is 2.29. The Morgan fingerprint density at radius 3 is 2.60 bits per heavy atom. The zero-order valence-electron chi connectivity index (χ0n) is 20.0. The number of phenolic OH excluding ortho intramolecular Hbond substituents is 3. The van der Waals surface area contributed by atoms with Gasteiger partial charge in [-0.25, -0.2) is 4.98 Å². The number of hydrogen-bond donors (Lipinski definition) is 4. The zero-order chi connectivity index (χ0) is 24.9. The molecule has 2 aromatic heterocycles. The van der Waals surface area contributed by atoms with Gasteiger partial charge in [-0.15, -0.1) is 0 Å². The van der Waals surface area contributed by atoms with Crippen molar-refractivity contribution in [2.75, 3.05) is 18.4 Å². The zero-order valence-corrected chi connectivity index (χ0v) is 20.0. The van der Waals surface area contributed by atoms with E-state index in [0.29, 0.717) is 41.5 Å². The number of para-hydroxylation sites is 1. The van der Waals surface area contributed by atoms with Crippen molar-refractivity contribution < 1.29 is 15.3 Å². The van der Waals surface area contributed by atoms with E-state index in [9.17, 15) is 15.3 Å². The molecule has 2 aromatic carbocycles. The summed E-state index contributed by atoms with van der Waals surface area (Å²) in [4.78, 5) is 6.96. The number of benzene rings is 2. The van der Waals surface area contributed by atoms with E-state index >= 15 is 0 Å². The normalized spacial score (nSPS) is 12.3. The van der Waals surface area contributed by atoms with Crippen LogP contribution in [0.4, 0.5) is 5.82 Å². The lowest BCUT2D eigenvalue weighted by Gasteiger charge is -2.28. The first kappa shape index (κ1) is 24.4. The Kier molecular flexibility index (Phi) is 7.46. The topological polar surface area (TPSA) is 106 Å². The standard InChI is InChI=1S/C26H30BN5O3/c1-3-17(2)31(16-18-9-10-23(34)24(35)13-18)12-6-11-28-25-14-21(19-7-4-5-8-22(19)33)30-26-20(27)15-29-32(25)26/h4-5,7-10,13-15,17,28,33-35H,3,6,11-12,16H2,1-2H3. The van der Waals surface area contributed by atoms with Crippen LogP contribution in [0.5, 0.6) is 17.2 Å². The molecule has 0 fully saturated rings. The van der Waals surface area contributed by atoms with E-state index in [-0.39, 0.29) is 17.2 Å². The molecule has 0 aliphatic heterocycles. The summed E-state index contributed by atoms with van der Waals surface area (Å²) >= 11 is 0. The summed E-state index contributed by atoms with van der Waals surface area (Å²) in [5, 5.41) is 37.5. The van der Waals surface area contributed by atoms with Crippen molar-refractivity contribution in [1.29, 1.82) is 0 Å². The second-order valence-electron chi connectivity index (χ2n) is 8.71. The molecule has 0 aliphatic rings. The monoisotopic (exact) mass is 471 g/mol. The number of fused-ring (bicyclic) bond motifs is 1. The SMILES string of the molecule is [B]c1cnn2c(NCCCN(Cc3ccc(O)c(O)c3)C(C)CC)cc(-c3ccccc3O)nc12. The van der Waals surface area contributed by atoms with E-state index in [0.717, 1.165) is 30.8 Å². The van der Waals surface area contributed by atoms with Crippen molar-refractivity contribution in [2.45, 2.75) is 39.3 Å². The van der Waals surface area contributed by atoms with Crippen LogP contribution in [0.25, 0.3) is 16.9 Å². The van der Waals surface area contributed by atoms with Gasteiger partial charge in [0.05, 0.1) is 5.69 Å². The second kappa shape index (κ2) is 10.7. The van der Waals surface area contributed by atoms with Gasteiger partial charge in [0.15, 0.2) is 17.1 Å². The molecular formula is C26H30BN5O3. The molecule has 1 unspecified atom stereocenters. The van der Waals surface area contributed by atoms with Crippen LogP contribution in [0, 0.1) is 0 Å². The molecule has 4 rings (SSSR count). The molecular weight excluding hydrogens is 441 g/mol. The van der Waals surface area contributed by atoms with E-state index in [1.807, 2.05) is 24.3 Å². The molecule has 0 aliphatic carbocycles. The van der Waals surface area contributed by atoms with E-state index in [1.165, 1.54) is 6.07 Å². The van der Waals surface area contributed by atoms with E-state index in [4.69, 9.17) is 7.85 Å². The highest BCUT2D eigenvalue weighted by molar-refractivity contribution is 6.36. The number of nitrogens with one attached hydrogen (secondary N) is 1. The van der Waals surface area contributed by atoms with E-state index < -0.39 is 0 Å². The molecule has 0 bridgehead atoms. The molecule has 8 nitrogen and oxygen atoms in total. The number of rotatable bonds is 10. The lowest BCUT2D eigenvalue weighted by molar-refractivity contribution is 0.194.